The average molecular weight is 386 g/mol. The Bertz CT molecular complexity index is 799. The Labute approximate surface area is 149 Å². The van der Waals surface area contributed by atoms with Crippen LogP contribution in [-0.2, 0) is 28.2 Å². The van der Waals surface area contributed by atoms with Crippen LogP contribution < -0.4 is 0 Å². The molecule has 1 atom stereocenters. The van der Waals surface area contributed by atoms with E-state index in [-0.39, 0.29) is 29.2 Å². The van der Waals surface area contributed by atoms with Crippen LogP contribution >= 0.6 is 23.1 Å². The molecule has 1 aliphatic heterocycles. The molecule has 3 heterocycles. The Morgan fingerprint density at radius 1 is 1.54 bits per heavy atom. The minimum atomic E-state index is -3.03. The first-order valence-corrected chi connectivity index (χ1v) is 11.3. The van der Waals surface area contributed by atoms with Crippen LogP contribution in [0.4, 0.5) is 0 Å². The second-order valence-corrected chi connectivity index (χ2v) is 9.97. The molecular formula is C15H19N3O3S3. The number of sulfone groups is 1. The Hall–Kier alpha value is -1.32. The molecule has 1 fully saturated rings. The first-order valence-electron chi connectivity index (χ1n) is 7.57. The summed E-state index contributed by atoms with van der Waals surface area (Å²) in [5, 5.41) is 2.74. The van der Waals surface area contributed by atoms with Gasteiger partial charge < -0.3 is 9.47 Å². The number of imidazole rings is 1. The maximum absolute atomic E-state index is 12.8. The van der Waals surface area contributed by atoms with Gasteiger partial charge in [-0.3, -0.25) is 4.79 Å². The van der Waals surface area contributed by atoms with E-state index < -0.39 is 9.84 Å². The van der Waals surface area contributed by atoms with E-state index in [4.69, 9.17) is 0 Å². The summed E-state index contributed by atoms with van der Waals surface area (Å²) in [5.41, 5.74) is 0. The quantitative estimate of drug-likeness (QED) is 0.709. The molecule has 0 bridgehead atoms. The van der Waals surface area contributed by atoms with Gasteiger partial charge in [-0.2, -0.15) is 0 Å². The zero-order chi connectivity index (χ0) is 17.2. The van der Waals surface area contributed by atoms with E-state index >= 15 is 0 Å². The van der Waals surface area contributed by atoms with Crippen LogP contribution in [0.5, 0.6) is 0 Å². The first-order chi connectivity index (χ1) is 11.4. The fourth-order valence-corrected chi connectivity index (χ4v) is 5.96. The van der Waals surface area contributed by atoms with Crippen LogP contribution in [0, 0.1) is 0 Å². The predicted molar refractivity (Wildman–Crippen MR) is 95.9 cm³/mol. The number of hydrogen-bond acceptors (Lipinski definition) is 6. The zero-order valence-corrected chi connectivity index (χ0v) is 15.7. The monoisotopic (exact) mass is 385 g/mol. The Balaban J connectivity index is 1.71. The summed E-state index contributed by atoms with van der Waals surface area (Å²) in [6.07, 6.45) is 4.05. The highest BCUT2D eigenvalue weighted by atomic mass is 32.2. The Morgan fingerprint density at radius 2 is 2.38 bits per heavy atom. The molecule has 24 heavy (non-hydrogen) atoms. The van der Waals surface area contributed by atoms with Gasteiger partial charge in [0.2, 0.25) is 5.91 Å². The Kier molecular flexibility index (Phi) is 5.31. The molecule has 1 saturated heterocycles. The fourth-order valence-electron chi connectivity index (χ4n) is 2.71. The molecule has 1 unspecified atom stereocenters. The van der Waals surface area contributed by atoms with Gasteiger partial charge in [-0.05, 0) is 17.9 Å². The number of thiophene rings is 1. The number of carbonyl (C=O) groups excluding carboxylic acids is 1. The average Bonchev–Trinajstić information content (AvgIpc) is 3.24. The first kappa shape index (κ1) is 17.5. The third kappa shape index (κ3) is 4.20. The Morgan fingerprint density at radius 3 is 2.96 bits per heavy atom. The lowest BCUT2D eigenvalue weighted by Gasteiger charge is -2.27. The highest BCUT2D eigenvalue weighted by Gasteiger charge is 2.34. The molecule has 6 nitrogen and oxygen atoms in total. The van der Waals surface area contributed by atoms with Gasteiger partial charge in [-0.15, -0.1) is 11.3 Å². The zero-order valence-electron chi connectivity index (χ0n) is 13.3. The lowest BCUT2D eigenvalue weighted by molar-refractivity contribution is -0.130. The third-order valence-corrected chi connectivity index (χ3v) is 7.63. The van der Waals surface area contributed by atoms with Crippen molar-refractivity contribution in [3.05, 3.63) is 34.8 Å². The van der Waals surface area contributed by atoms with E-state index in [1.54, 1.807) is 22.4 Å². The van der Waals surface area contributed by atoms with Gasteiger partial charge in [0.05, 0.1) is 23.8 Å². The number of aromatic nitrogens is 2. The van der Waals surface area contributed by atoms with Gasteiger partial charge in [-0.1, -0.05) is 17.8 Å². The SMILES string of the molecule is Cn1ccnc1SCC(=O)N(Cc1cccs1)C1CCS(=O)(=O)C1. The van der Waals surface area contributed by atoms with Crippen molar-refractivity contribution >= 4 is 38.8 Å². The molecule has 0 N–H and O–H groups in total. The highest BCUT2D eigenvalue weighted by Crippen LogP contribution is 2.24. The molecule has 3 rings (SSSR count). The summed E-state index contributed by atoms with van der Waals surface area (Å²) < 4.78 is 25.5. The fraction of sp³-hybridized carbons (Fsp3) is 0.467. The molecule has 0 aliphatic carbocycles. The van der Waals surface area contributed by atoms with Crippen molar-refractivity contribution in [3.63, 3.8) is 0 Å². The molecule has 2 aromatic heterocycles. The van der Waals surface area contributed by atoms with E-state index in [0.717, 1.165) is 10.0 Å². The van der Waals surface area contributed by atoms with Crippen LogP contribution in [0.3, 0.4) is 0 Å². The number of nitrogens with zero attached hydrogens (tertiary/aromatic N) is 3. The number of rotatable bonds is 6. The minimum Gasteiger partial charge on any atom is -0.333 e. The van der Waals surface area contributed by atoms with Crippen molar-refractivity contribution in [2.24, 2.45) is 7.05 Å². The number of thioether (sulfide) groups is 1. The van der Waals surface area contributed by atoms with Crippen molar-refractivity contribution in [1.29, 1.82) is 0 Å². The van der Waals surface area contributed by atoms with E-state index in [0.29, 0.717) is 13.0 Å². The minimum absolute atomic E-state index is 0.0431. The lowest BCUT2D eigenvalue weighted by atomic mass is 10.2. The summed E-state index contributed by atoms with van der Waals surface area (Å²) in [6, 6.07) is 3.68. The molecule has 0 saturated carbocycles. The molecule has 0 aromatic carbocycles. The topological polar surface area (TPSA) is 72.3 Å². The van der Waals surface area contributed by atoms with Crippen molar-refractivity contribution in [1.82, 2.24) is 14.5 Å². The molecule has 9 heteroatoms. The third-order valence-electron chi connectivity index (χ3n) is 3.98. The van der Waals surface area contributed by atoms with Gasteiger partial charge in [0.15, 0.2) is 15.0 Å². The normalized spacial score (nSPS) is 19.5. The summed E-state index contributed by atoms with van der Waals surface area (Å²) >= 11 is 2.96. The molecule has 1 amide bonds. The highest BCUT2D eigenvalue weighted by molar-refractivity contribution is 7.99. The van der Waals surface area contributed by atoms with Crippen LogP contribution in [0.15, 0.2) is 35.1 Å². The van der Waals surface area contributed by atoms with Gasteiger partial charge in [0, 0.05) is 30.4 Å². The van der Waals surface area contributed by atoms with Gasteiger partial charge >= 0.3 is 0 Å². The van der Waals surface area contributed by atoms with E-state index in [1.807, 2.05) is 35.3 Å². The smallest absolute Gasteiger partial charge is 0.233 e. The maximum atomic E-state index is 12.8. The molecule has 0 spiro atoms. The van der Waals surface area contributed by atoms with E-state index in [1.165, 1.54) is 11.8 Å². The van der Waals surface area contributed by atoms with Gasteiger partial charge in [0.25, 0.3) is 0 Å². The molecule has 2 aromatic rings. The molecule has 0 radical (unpaired) electrons. The second kappa shape index (κ2) is 7.28. The number of hydrogen-bond donors (Lipinski definition) is 0. The predicted octanol–water partition coefficient (Wildman–Crippen LogP) is 1.79. The van der Waals surface area contributed by atoms with Gasteiger partial charge in [-0.25, -0.2) is 13.4 Å². The second-order valence-electron chi connectivity index (χ2n) is 5.77. The summed E-state index contributed by atoms with van der Waals surface area (Å²) in [4.78, 5) is 19.7. The number of carbonyl (C=O) groups is 1. The summed E-state index contributed by atoms with van der Waals surface area (Å²) in [7, 11) is -1.15. The van der Waals surface area contributed by atoms with E-state index in [9.17, 15) is 13.2 Å². The maximum Gasteiger partial charge on any atom is 0.233 e. The molecule has 130 valence electrons. The standard InChI is InChI=1S/C15H19N3O3S3/c1-17-6-5-16-15(17)23-10-14(19)18(9-13-3-2-7-22-13)12-4-8-24(20,21)11-12/h2-3,5-7,12H,4,8-11H2,1H3. The van der Waals surface area contributed by atoms with Crippen molar-refractivity contribution < 1.29 is 13.2 Å². The van der Waals surface area contributed by atoms with Crippen LogP contribution in [-0.4, -0.2) is 52.1 Å². The largest absolute Gasteiger partial charge is 0.333 e. The summed E-state index contributed by atoms with van der Waals surface area (Å²) in [5.74, 6) is 0.445. The number of aryl methyl sites for hydroxylation is 1. The van der Waals surface area contributed by atoms with Crippen molar-refractivity contribution in [3.8, 4) is 0 Å². The lowest BCUT2D eigenvalue weighted by Crippen LogP contribution is -2.41. The van der Waals surface area contributed by atoms with Crippen molar-refractivity contribution in [2.45, 2.75) is 24.2 Å². The van der Waals surface area contributed by atoms with Gasteiger partial charge in [0.1, 0.15) is 0 Å². The van der Waals surface area contributed by atoms with Crippen molar-refractivity contribution in [2.75, 3.05) is 17.3 Å². The van der Waals surface area contributed by atoms with Crippen LogP contribution in [0.2, 0.25) is 0 Å². The molecule has 1 aliphatic rings. The van der Waals surface area contributed by atoms with Crippen LogP contribution in [0.25, 0.3) is 0 Å². The molecular weight excluding hydrogens is 366 g/mol. The number of amides is 1. The summed E-state index contributed by atoms with van der Waals surface area (Å²) in [6.45, 7) is 0.470. The van der Waals surface area contributed by atoms with E-state index in [2.05, 4.69) is 4.98 Å². The van der Waals surface area contributed by atoms with Crippen LogP contribution in [0.1, 0.15) is 11.3 Å².